The van der Waals surface area contributed by atoms with Gasteiger partial charge in [0, 0.05) is 17.9 Å². The Morgan fingerprint density at radius 2 is 1.93 bits per heavy atom. The molecule has 0 saturated carbocycles. The molecule has 30 heavy (non-hydrogen) atoms. The molecule has 1 N–H and O–H groups in total. The van der Waals surface area contributed by atoms with Gasteiger partial charge in [-0.1, -0.05) is 30.3 Å². The molecule has 9 heteroatoms. The Morgan fingerprint density at radius 1 is 1.20 bits per heavy atom. The minimum Gasteiger partial charge on any atom is -0.484 e. The van der Waals surface area contributed by atoms with Crippen LogP contribution in [0, 0.1) is 0 Å². The lowest BCUT2D eigenvalue weighted by Crippen LogP contribution is -2.48. The molecule has 4 rings (SSSR count). The second-order valence-corrected chi connectivity index (χ2v) is 10.1. The van der Waals surface area contributed by atoms with E-state index in [4.69, 9.17) is 4.74 Å². The number of carbonyl (C=O) groups is 1. The maximum atomic E-state index is 12.9. The normalized spacial score (nSPS) is 15.2. The summed E-state index contributed by atoms with van der Waals surface area (Å²) in [7, 11) is -3.89. The highest BCUT2D eigenvalue weighted by Crippen LogP contribution is 2.39. The highest BCUT2D eigenvalue weighted by molar-refractivity contribution is 7.93. The topological polar surface area (TPSA) is 88.6 Å². The van der Waals surface area contributed by atoms with E-state index in [1.165, 1.54) is 35.3 Å². The van der Waals surface area contributed by atoms with E-state index in [1.807, 2.05) is 44.2 Å². The number of benzene rings is 2. The second kappa shape index (κ2) is 7.41. The molecule has 3 aromatic rings. The molecule has 1 amide bonds. The highest BCUT2D eigenvalue weighted by atomic mass is 32.2. The molecular weight excluding hydrogens is 422 g/mol. The fraction of sp³-hybridized carbons (Fsp3) is 0.238. The average Bonchev–Trinajstić information content (AvgIpc) is 3.14. The molecule has 0 unspecified atom stereocenters. The summed E-state index contributed by atoms with van der Waals surface area (Å²) in [6, 6.07) is 14.0. The molecule has 2 aromatic carbocycles. The molecular formula is C21H21N3O4S2. The minimum absolute atomic E-state index is 0.0345. The van der Waals surface area contributed by atoms with E-state index in [0.717, 1.165) is 5.56 Å². The Bertz CT molecular complexity index is 1200. The minimum atomic E-state index is -3.89. The van der Waals surface area contributed by atoms with Gasteiger partial charge in [-0.15, -0.1) is 11.3 Å². The van der Waals surface area contributed by atoms with Gasteiger partial charge in [0.25, 0.3) is 10.0 Å². The second-order valence-electron chi connectivity index (χ2n) is 7.61. The van der Waals surface area contributed by atoms with Gasteiger partial charge < -0.3 is 9.64 Å². The quantitative estimate of drug-likeness (QED) is 0.655. The molecule has 1 aromatic heterocycles. The van der Waals surface area contributed by atoms with Crippen molar-refractivity contribution in [1.82, 2.24) is 4.98 Å². The molecule has 0 saturated heterocycles. The van der Waals surface area contributed by atoms with E-state index >= 15 is 0 Å². The first-order valence-corrected chi connectivity index (χ1v) is 11.7. The Balaban J connectivity index is 1.64. The molecule has 2 heterocycles. The number of rotatable bonds is 4. The Hall–Kier alpha value is -2.91. The molecule has 0 spiro atoms. The van der Waals surface area contributed by atoms with Crippen LogP contribution in [0.25, 0.3) is 11.3 Å². The zero-order valence-corrected chi connectivity index (χ0v) is 18.4. The fourth-order valence-corrected chi connectivity index (χ4v) is 5.27. The van der Waals surface area contributed by atoms with Crippen LogP contribution < -0.4 is 14.4 Å². The van der Waals surface area contributed by atoms with Crippen LogP contribution in [0.1, 0.15) is 20.8 Å². The van der Waals surface area contributed by atoms with Crippen molar-refractivity contribution in [1.29, 1.82) is 0 Å². The molecule has 0 fully saturated rings. The molecule has 0 aliphatic carbocycles. The number of aromatic nitrogens is 1. The molecule has 156 valence electrons. The molecule has 1 aliphatic heterocycles. The third kappa shape index (κ3) is 4.03. The summed E-state index contributed by atoms with van der Waals surface area (Å²) in [5.41, 5.74) is 1.48. The lowest BCUT2D eigenvalue weighted by atomic mass is 10.1. The van der Waals surface area contributed by atoms with Crippen LogP contribution in [-0.2, 0) is 14.8 Å². The van der Waals surface area contributed by atoms with Gasteiger partial charge >= 0.3 is 0 Å². The average molecular weight is 444 g/mol. The van der Waals surface area contributed by atoms with Gasteiger partial charge in [-0.3, -0.25) is 9.52 Å². The number of thiazole rings is 1. The van der Waals surface area contributed by atoms with Gasteiger partial charge in [0.05, 0.1) is 22.8 Å². The van der Waals surface area contributed by atoms with Crippen molar-refractivity contribution in [3.63, 3.8) is 0 Å². The van der Waals surface area contributed by atoms with Gasteiger partial charge in [0.2, 0.25) is 5.91 Å². The van der Waals surface area contributed by atoms with Crippen LogP contribution in [0.5, 0.6) is 5.75 Å². The first-order chi connectivity index (χ1) is 14.1. The van der Waals surface area contributed by atoms with Gasteiger partial charge in [-0.05, 0) is 32.0 Å². The SMILES string of the molecule is CC(=O)N1CC(C)(C)Oc2ccc(S(=O)(=O)Nc3nc(-c4ccccc4)cs3)cc21. The van der Waals surface area contributed by atoms with E-state index in [-0.39, 0.29) is 15.9 Å². The van der Waals surface area contributed by atoms with Crippen molar-refractivity contribution in [2.24, 2.45) is 0 Å². The number of hydrogen-bond donors (Lipinski definition) is 1. The van der Waals surface area contributed by atoms with Gasteiger partial charge in [-0.2, -0.15) is 0 Å². The van der Waals surface area contributed by atoms with Gasteiger partial charge in [0.1, 0.15) is 11.4 Å². The number of anilines is 2. The zero-order chi connectivity index (χ0) is 21.5. The molecule has 0 atom stereocenters. The van der Waals surface area contributed by atoms with Crippen LogP contribution in [-0.4, -0.2) is 31.5 Å². The Labute approximate surface area is 179 Å². The predicted octanol–water partition coefficient (Wildman–Crippen LogP) is 4.13. The summed E-state index contributed by atoms with van der Waals surface area (Å²) in [6.45, 7) is 5.54. The molecule has 1 aliphatic rings. The molecule has 0 radical (unpaired) electrons. The van der Waals surface area contributed by atoms with Crippen molar-refractivity contribution in [3.05, 3.63) is 53.9 Å². The summed E-state index contributed by atoms with van der Waals surface area (Å²) in [5.74, 6) is 0.295. The van der Waals surface area contributed by atoms with Crippen LogP contribution in [0.4, 0.5) is 10.8 Å². The number of hydrogen-bond acceptors (Lipinski definition) is 6. The zero-order valence-electron chi connectivity index (χ0n) is 16.7. The first-order valence-electron chi connectivity index (χ1n) is 9.30. The van der Waals surface area contributed by atoms with Gasteiger partial charge in [-0.25, -0.2) is 13.4 Å². The van der Waals surface area contributed by atoms with Crippen LogP contribution >= 0.6 is 11.3 Å². The first kappa shape index (κ1) is 20.4. The summed E-state index contributed by atoms with van der Waals surface area (Å²) in [5, 5.41) is 2.07. The number of nitrogens with one attached hydrogen (secondary N) is 1. The number of nitrogens with zero attached hydrogens (tertiary/aromatic N) is 2. The number of carbonyl (C=O) groups excluding carboxylic acids is 1. The van der Waals surface area contributed by atoms with E-state index in [2.05, 4.69) is 9.71 Å². The third-order valence-corrected chi connectivity index (χ3v) is 6.86. The summed E-state index contributed by atoms with van der Waals surface area (Å²) < 4.78 is 34.3. The Morgan fingerprint density at radius 3 is 2.63 bits per heavy atom. The number of amides is 1. The van der Waals surface area contributed by atoms with Crippen molar-refractivity contribution in [3.8, 4) is 17.0 Å². The monoisotopic (exact) mass is 443 g/mol. The fourth-order valence-electron chi connectivity index (χ4n) is 3.27. The summed E-state index contributed by atoms with van der Waals surface area (Å²) >= 11 is 1.21. The lowest BCUT2D eigenvalue weighted by molar-refractivity contribution is -0.117. The number of fused-ring (bicyclic) bond motifs is 1. The number of ether oxygens (including phenoxy) is 1. The van der Waals surface area contributed by atoms with Crippen molar-refractivity contribution in [2.45, 2.75) is 31.3 Å². The van der Waals surface area contributed by atoms with Crippen molar-refractivity contribution >= 4 is 38.1 Å². The van der Waals surface area contributed by atoms with E-state index in [1.54, 1.807) is 11.4 Å². The molecule has 0 bridgehead atoms. The van der Waals surface area contributed by atoms with Crippen LogP contribution in [0.15, 0.2) is 58.8 Å². The maximum absolute atomic E-state index is 12.9. The van der Waals surface area contributed by atoms with E-state index in [0.29, 0.717) is 23.7 Å². The van der Waals surface area contributed by atoms with Crippen LogP contribution in [0.2, 0.25) is 0 Å². The van der Waals surface area contributed by atoms with E-state index < -0.39 is 15.6 Å². The molecule has 7 nitrogen and oxygen atoms in total. The van der Waals surface area contributed by atoms with E-state index in [9.17, 15) is 13.2 Å². The Kier molecular flexibility index (Phi) is 5.03. The highest BCUT2D eigenvalue weighted by Gasteiger charge is 2.34. The number of sulfonamides is 1. The smallest absolute Gasteiger partial charge is 0.263 e. The van der Waals surface area contributed by atoms with Crippen molar-refractivity contribution < 1.29 is 17.9 Å². The third-order valence-electron chi connectivity index (χ3n) is 4.63. The predicted molar refractivity (Wildman–Crippen MR) is 118 cm³/mol. The maximum Gasteiger partial charge on any atom is 0.263 e. The van der Waals surface area contributed by atoms with Crippen LogP contribution in [0.3, 0.4) is 0 Å². The summed E-state index contributed by atoms with van der Waals surface area (Å²) in [6.07, 6.45) is 0. The lowest BCUT2D eigenvalue weighted by Gasteiger charge is -2.39. The van der Waals surface area contributed by atoms with Gasteiger partial charge in [0.15, 0.2) is 5.13 Å². The van der Waals surface area contributed by atoms with Crippen molar-refractivity contribution in [2.75, 3.05) is 16.2 Å². The summed E-state index contributed by atoms with van der Waals surface area (Å²) in [4.78, 5) is 18.1. The standard InChI is InChI=1S/C21H21N3O4S2/c1-14(25)24-13-21(2,3)28-19-10-9-16(11-18(19)24)30(26,27)23-20-22-17(12-29-20)15-7-5-4-6-8-15/h4-12H,13H2,1-3H3,(H,22,23). The largest absolute Gasteiger partial charge is 0.484 e.